The molecule has 4 heteroatoms. The average molecular weight is 933 g/mol. The van der Waals surface area contributed by atoms with Crippen LogP contribution in [0, 0.1) is 0 Å². The number of nitrogens with zero attached hydrogens (tertiary/aromatic N) is 2. The summed E-state index contributed by atoms with van der Waals surface area (Å²) in [6.45, 7) is 0. The highest BCUT2D eigenvalue weighted by Crippen LogP contribution is 2.46. The molecule has 342 valence electrons. The molecule has 1 atom stereocenters. The molecule has 0 amide bonds. The third-order valence-corrected chi connectivity index (χ3v) is 15.0. The zero-order valence-corrected chi connectivity index (χ0v) is 39.6. The fourth-order valence-corrected chi connectivity index (χ4v) is 11.6. The number of hydrogen-bond acceptors (Lipinski definition) is 3. The molecule has 0 aliphatic rings. The molecule has 0 spiro atoms. The van der Waals surface area contributed by atoms with E-state index in [2.05, 4.69) is 252 Å². The summed E-state index contributed by atoms with van der Waals surface area (Å²) in [4.78, 5) is 2.40. The van der Waals surface area contributed by atoms with Crippen molar-refractivity contribution in [2.45, 2.75) is 5.92 Å². The summed E-state index contributed by atoms with van der Waals surface area (Å²) in [5.41, 5.74) is 15.9. The summed E-state index contributed by atoms with van der Waals surface area (Å²) in [6.07, 6.45) is 0. The van der Waals surface area contributed by atoms with E-state index in [0.717, 1.165) is 77.8 Å². The molecule has 0 saturated carbocycles. The predicted molar refractivity (Wildman–Crippen MR) is 304 cm³/mol. The van der Waals surface area contributed by atoms with Gasteiger partial charge in [-0.3, -0.25) is 0 Å². The van der Waals surface area contributed by atoms with Crippen molar-refractivity contribution in [2.75, 3.05) is 4.90 Å². The maximum absolute atomic E-state index is 6.60. The van der Waals surface area contributed by atoms with Crippen LogP contribution >= 0.6 is 0 Å². The molecule has 3 heterocycles. The van der Waals surface area contributed by atoms with E-state index in [4.69, 9.17) is 8.83 Å². The molecule has 15 rings (SSSR count). The van der Waals surface area contributed by atoms with Crippen LogP contribution in [-0.4, -0.2) is 4.57 Å². The third-order valence-electron chi connectivity index (χ3n) is 15.0. The fraction of sp³-hybridized carbons (Fsp3) is 0.0145. The van der Waals surface area contributed by atoms with Crippen molar-refractivity contribution in [1.82, 2.24) is 4.57 Å². The van der Waals surface area contributed by atoms with Gasteiger partial charge in [-0.25, -0.2) is 0 Å². The standard InChI is InChI=1S/C69H44N2O2/c1-2-16-46(17-3-1)69(50-28-34-64-61(42-50)57-20-8-11-23-63(57)71(64)54-31-27-45-15-5-7-19-48(45)38-54)52-36-51(49-29-35-67-62(41-49)59-22-10-13-25-66(59)72-67)39-56(40-52)70(53-30-26-44-14-4-6-18-47(44)37-53)55-32-33-60-58-21-9-12-24-65(58)73-68(60)43-55/h1-43,69H. The topological polar surface area (TPSA) is 34.5 Å². The minimum absolute atomic E-state index is 0.137. The summed E-state index contributed by atoms with van der Waals surface area (Å²) in [5.74, 6) is -0.137. The van der Waals surface area contributed by atoms with E-state index in [1.54, 1.807) is 0 Å². The molecule has 0 aliphatic heterocycles. The fourth-order valence-electron chi connectivity index (χ4n) is 11.6. The number of rotatable bonds is 8. The monoisotopic (exact) mass is 932 g/mol. The molecule has 3 aromatic heterocycles. The molecule has 0 saturated heterocycles. The summed E-state index contributed by atoms with van der Waals surface area (Å²) in [5, 5.41) is 11.6. The normalized spacial score (nSPS) is 12.3. The lowest BCUT2D eigenvalue weighted by molar-refractivity contribution is 0.668. The van der Waals surface area contributed by atoms with Gasteiger partial charge >= 0.3 is 0 Å². The minimum atomic E-state index is -0.137. The molecular weight excluding hydrogens is 889 g/mol. The van der Waals surface area contributed by atoms with Crippen LogP contribution in [0.1, 0.15) is 22.6 Å². The average Bonchev–Trinajstić information content (AvgIpc) is 4.12. The summed E-state index contributed by atoms with van der Waals surface area (Å²) in [6, 6.07) is 94.8. The maximum Gasteiger partial charge on any atom is 0.137 e. The van der Waals surface area contributed by atoms with E-state index in [-0.39, 0.29) is 5.92 Å². The predicted octanol–water partition coefficient (Wildman–Crippen LogP) is 19.2. The lowest BCUT2D eigenvalue weighted by Crippen LogP contribution is -2.12. The van der Waals surface area contributed by atoms with Gasteiger partial charge in [0.05, 0.1) is 11.0 Å². The van der Waals surface area contributed by atoms with Gasteiger partial charge in [0.25, 0.3) is 0 Å². The van der Waals surface area contributed by atoms with Crippen LogP contribution in [0.4, 0.5) is 17.1 Å². The highest BCUT2D eigenvalue weighted by Gasteiger charge is 2.25. The molecule has 0 bridgehead atoms. The first-order valence-electron chi connectivity index (χ1n) is 25.0. The van der Waals surface area contributed by atoms with Crippen LogP contribution in [0.3, 0.4) is 0 Å². The molecule has 0 aliphatic carbocycles. The number of benzene rings is 12. The van der Waals surface area contributed by atoms with Gasteiger partial charge in [0.1, 0.15) is 22.3 Å². The lowest BCUT2D eigenvalue weighted by atomic mass is 9.83. The highest BCUT2D eigenvalue weighted by atomic mass is 16.3. The van der Waals surface area contributed by atoms with Crippen molar-refractivity contribution in [3.8, 4) is 16.8 Å². The lowest BCUT2D eigenvalue weighted by Gasteiger charge is -2.28. The zero-order chi connectivity index (χ0) is 48.0. The van der Waals surface area contributed by atoms with Gasteiger partial charge in [0, 0.05) is 67.1 Å². The Morgan fingerprint density at radius 2 is 0.890 bits per heavy atom. The van der Waals surface area contributed by atoms with Crippen LogP contribution in [-0.2, 0) is 0 Å². The number of para-hydroxylation sites is 3. The molecular formula is C69H44N2O2. The van der Waals surface area contributed by atoms with Crippen molar-refractivity contribution in [3.05, 3.63) is 278 Å². The first-order valence-corrected chi connectivity index (χ1v) is 25.0. The largest absolute Gasteiger partial charge is 0.456 e. The Kier molecular flexibility index (Phi) is 9.29. The van der Waals surface area contributed by atoms with Crippen molar-refractivity contribution in [2.24, 2.45) is 0 Å². The van der Waals surface area contributed by atoms with E-state index < -0.39 is 0 Å². The first kappa shape index (κ1) is 41.2. The number of anilines is 3. The van der Waals surface area contributed by atoms with Gasteiger partial charge in [-0.1, -0.05) is 164 Å². The van der Waals surface area contributed by atoms with E-state index in [1.807, 2.05) is 18.2 Å². The van der Waals surface area contributed by atoms with Gasteiger partial charge in [0.2, 0.25) is 0 Å². The van der Waals surface area contributed by atoms with Crippen LogP contribution in [0.5, 0.6) is 0 Å². The SMILES string of the molecule is c1ccc(C(c2cc(-c3ccc4oc5ccccc5c4c3)cc(N(c3ccc4ccccc4c3)c3ccc4c(c3)oc3ccccc34)c2)c2ccc3c(c2)c2ccccc2n3-c2ccc3ccccc3c2)cc1. The Labute approximate surface area is 420 Å². The Morgan fingerprint density at radius 1 is 0.288 bits per heavy atom. The Morgan fingerprint density at radius 3 is 1.70 bits per heavy atom. The highest BCUT2D eigenvalue weighted by molar-refractivity contribution is 6.11. The summed E-state index contributed by atoms with van der Waals surface area (Å²) < 4.78 is 15.4. The van der Waals surface area contributed by atoms with Crippen molar-refractivity contribution < 1.29 is 8.83 Å². The van der Waals surface area contributed by atoms with Gasteiger partial charge < -0.3 is 18.3 Å². The van der Waals surface area contributed by atoms with E-state index in [0.29, 0.717) is 0 Å². The van der Waals surface area contributed by atoms with Gasteiger partial charge in [0.15, 0.2) is 0 Å². The van der Waals surface area contributed by atoms with Crippen molar-refractivity contribution >= 4 is 104 Å². The quantitative estimate of drug-likeness (QED) is 0.142. The Hall–Kier alpha value is -9.64. The minimum Gasteiger partial charge on any atom is -0.456 e. The maximum atomic E-state index is 6.60. The smallest absolute Gasteiger partial charge is 0.137 e. The van der Waals surface area contributed by atoms with Crippen LogP contribution in [0.15, 0.2) is 270 Å². The summed E-state index contributed by atoms with van der Waals surface area (Å²) >= 11 is 0. The van der Waals surface area contributed by atoms with E-state index in [9.17, 15) is 0 Å². The van der Waals surface area contributed by atoms with Crippen LogP contribution in [0.25, 0.3) is 104 Å². The number of hydrogen-bond donors (Lipinski definition) is 0. The molecule has 1 unspecified atom stereocenters. The zero-order valence-electron chi connectivity index (χ0n) is 39.6. The first-order chi connectivity index (χ1) is 36.1. The van der Waals surface area contributed by atoms with E-state index >= 15 is 0 Å². The molecule has 0 N–H and O–H groups in total. The third kappa shape index (κ3) is 6.83. The second kappa shape index (κ2) is 16.5. The molecule has 0 radical (unpaired) electrons. The van der Waals surface area contributed by atoms with Gasteiger partial charge in [-0.15, -0.1) is 0 Å². The van der Waals surface area contributed by atoms with Crippen LogP contribution < -0.4 is 4.90 Å². The number of fused-ring (bicyclic) bond motifs is 11. The molecule has 4 nitrogen and oxygen atoms in total. The van der Waals surface area contributed by atoms with Gasteiger partial charge in [-0.05, 0) is 140 Å². The second-order valence-electron chi connectivity index (χ2n) is 19.3. The second-order valence-corrected chi connectivity index (χ2v) is 19.3. The van der Waals surface area contributed by atoms with Crippen molar-refractivity contribution in [3.63, 3.8) is 0 Å². The Bertz CT molecular complexity index is 4650. The Balaban J connectivity index is 0.986. The number of aromatic nitrogens is 1. The van der Waals surface area contributed by atoms with E-state index in [1.165, 1.54) is 60.0 Å². The molecule has 15 aromatic rings. The van der Waals surface area contributed by atoms with Crippen LogP contribution in [0.2, 0.25) is 0 Å². The summed E-state index contributed by atoms with van der Waals surface area (Å²) in [7, 11) is 0. The molecule has 73 heavy (non-hydrogen) atoms. The number of furan rings is 2. The molecule has 0 fully saturated rings. The molecule has 12 aromatic carbocycles. The van der Waals surface area contributed by atoms with Crippen molar-refractivity contribution in [1.29, 1.82) is 0 Å². The van der Waals surface area contributed by atoms with Gasteiger partial charge in [-0.2, -0.15) is 0 Å².